The van der Waals surface area contributed by atoms with Gasteiger partial charge in [0, 0.05) is 6.08 Å². The van der Waals surface area contributed by atoms with Gasteiger partial charge in [-0.2, -0.15) is 0 Å². The van der Waals surface area contributed by atoms with Gasteiger partial charge in [-0.1, -0.05) is 42.4 Å². The number of hydrogen-bond acceptors (Lipinski definition) is 4. The average molecular weight is 354 g/mol. The first-order valence-corrected chi connectivity index (χ1v) is 8.73. The summed E-state index contributed by atoms with van der Waals surface area (Å²) in [5.74, 6) is 1.16. The SMILES string of the molecule is BC(C)(OBC(C)(C)OC(=O)C=C)C(=O)/C=C/BC(/C=C\C=C/C)=C/C. The van der Waals surface area contributed by atoms with E-state index in [9.17, 15) is 9.59 Å². The van der Waals surface area contributed by atoms with Crippen LogP contribution in [-0.2, 0) is 19.0 Å². The van der Waals surface area contributed by atoms with Crippen LogP contribution in [0.3, 0.4) is 0 Å². The summed E-state index contributed by atoms with van der Waals surface area (Å²) >= 11 is 0. The van der Waals surface area contributed by atoms with E-state index in [0.29, 0.717) is 7.28 Å². The second-order valence-corrected chi connectivity index (χ2v) is 6.90. The van der Waals surface area contributed by atoms with Crippen molar-refractivity contribution in [1.29, 1.82) is 0 Å². The number of carbonyl (C=O) groups excluding carboxylic acids is 2. The molecular formula is C19H29B3O4. The van der Waals surface area contributed by atoms with Gasteiger partial charge in [0.25, 0.3) is 0 Å². The van der Waals surface area contributed by atoms with E-state index < -0.39 is 17.0 Å². The summed E-state index contributed by atoms with van der Waals surface area (Å²) in [7, 11) is 2.47. The number of ketones is 1. The summed E-state index contributed by atoms with van der Waals surface area (Å²) < 4.78 is 10.9. The van der Waals surface area contributed by atoms with Crippen molar-refractivity contribution in [2.24, 2.45) is 0 Å². The highest BCUT2D eigenvalue weighted by atomic mass is 16.6. The quantitative estimate of drug-likeness (QED) is 0.246. The van der Waals surface area contributed by atoms with Gasteiger partial charge in [0.1, 0.15) is 5.50 Å². The summed E-state index contributed by atoms with van der Waals surface area (Å²) in [5, 5.41) is 0. The number of allylic oxidation sites excluding steroid dienone is 6. The molecular weight excluding hydrogens is 325 g/mol. The van der Waals surface area contributed by atoms with E-state index >= 15 is 0 Å². The highest BCUT2D eigenvalue weighted by molar-refractivity contribution is 6.53. The minimum atomic E-state index is -1.01. The van der Waals surface area contributed by atoms with Crippen molar-refractivity contribution in [3.63, 3.8) is 0 Å². The lowest BCUT2D eigenvalue weighted by Gasteiger charge is -2.29. The van der Waals surface area contributed by atoms with Crippen molar-refractivity contribution < 1.29 is 19.0 Å². The number of esters is 1. The predicted octanol–water partition coefficient (Wildman–Crippen LogP) is 1.72. The number of hydrogen-bond donors (Lipinski definition) is 0. The Labute approximate surface area is 160 Å². The number of rotatable bonds is 11. The predicted molar refractivity (Wildman–Crippen MR) is 115 cm³/mol. The van der Waals surface area contributed by atoms with Crippen LogP contribution in [0.2, 0.25) is 0 Å². The molecule has 0 N–H and O–H groups in total. The van der Waals surface area contributed by atoms with E-state index in [4.69, 9.17) is 9.39 Å². The molecule has 0 aromatic heterocycles. The Morgan fingerprint density at radius 1 is 1.12 bits per heavy atom. The Morgan fingerprint density at radius 2 is 1.77 bits per heavy atom. The van der Waals surface area contributed by atoms with Crippen molar-refractivity contribution in [1.82, 2.24) is 0 Å². The van der Waals surface area contributed by atoms with Crippen molar-refractivity contribution in [2.75, 3.05) is 0 Å². The molecule has 7 heteroatoms. The fourth-order valence-electron chi connectivity index (χ4n) is 1.84. The molecule has 0 aliphatic heterocycles. The van der Waals surface area contributed by atoms with E-state index in [1.54, 1.807) is 28.6 Å². The summed E-state index contributed by atoms with van der Waals surface area (Å²) in [6, 6.07) is 0. The Hall–Kier alpha value is -2.01. The molecule has 0 aliphatic rings. The second-order valence-electron chi connectivity index (χ2n) is 6.90. The van der Waals surface area contributed by atoms with Gasteiger partial charge in [-0.3, -0.25) is 4.79 Å². The van der Waals surface area contributed by atoms with Gasteiger partial charge in [0.2, 0.25) is 0 Å². The van der Waals surface area contributed by atoms with Crippen LogP contribution >= 0.6 is 0 Å². The zero-order valence-electron chi connectivity index (χ0n) is 16.9. The largest absolute Gasteiger partial charge is 0.463 e. The first-order chi connectivity index (χ1) is 12.1. The zero-order valence-corrected chi connectivity index (χ0v) is 16.9. The van der Waals surface area contributed by atoms with Gasteiger partial charge >= 0.3 is 13.5 Å². The van der Waals surface area contributed by atoms with Gasteiger partial charge in [-0.05, 0) is 40.7 Å². The fraction of sp³-hybridized carbons (Fsp3) is 0.368. The Morgan fingerprint density at radius 3 is 2.31 bits per heavy atom. The molecule has 0 saturated heterocycles. The first kappa shape index (κ1) is 24.0. The van der Waals surface area contributed by atoms with Gasteiger partial charge in [0.05, 0.1) is 5.50 Å². The maximum Gasteiger partial charge on any atom is 0.330 e. The first-order valence-electron chi connectivity index (χ1n) is 8.73. The van der Waals surface area contributed by atoms with Gasteiger partial charge in [-0.15, -0.1) is 5.98 Å². The smallest absolute Gasteiger partial charge is 0.330 e. The van der Waals surface area contributed by atoms with Crippen LogP contribution in [0.5, 0.6) is 0 Å². The Bertz CT molecular complexity index is 614. The lowest BCUT2D eigenvalue weighted by atomic mass is 9.67. The van der Waals surface area contributed by atoms with E-state index in [0.717, 1.165) is 11.5 Å². The third-order valence-electron chi connectivity index (χ3n) is 3.52. The van der Waals surface area contributed by atoms with Gasteiger partial charge in [0.15, 0.2) is 20.9 Å². The molecule has 0 amide bonds. The third-order valence-corrected chi connectivity index (χ3v) is 3.52. The molecule has 0 aromatic carbocycles. The summed E-state index contributed by atoms with van der Waals surface area (Å²) in [6.45, 7) is 12.4. The summed E-state index contributed by atoms with van der Waals surface area (Å²) in [6.07, 6.45) is 12.5. The van der Waals surface area contributed by atoms with E-state index in [-0.39, 0.29) is 13.3 Å². The highest BCUT2D eigenvalue weighted by Gasteiger charge is 2.32. The topological polar surface area (TPSA) is 52.6 Å². The molecule has 0 rings (SSSR count). The van der Waals surface area contributed by atoms with Crippen LogP contribution in [0.15, 0.2) is 60.6 Å². The number of carbonyl (C=O) groups is 2. The lowest BCUT2D eigenvalue weighted by Crippen LogP contribution is -2.46. The maximum absolute atomic E-state index is 12.4. The van der Waals surface area contributed by atoms with Crippen LogP contribution in [0.4, 0.5) is 0 Å². The minimum Gasteiger partial charge on any atom is -0.463 e. The molecule has 0 aliphatic carbocycles. The molecule has 0 aromatic rings. The van der Waals surface area contributed by atoms with Crippen LogP contribution in [0, 0.1) is 0 Å². The van der Waals surface area contributed by atoms with Crippen LogP contribution in [0.25, 0.3) is 0 Å². The minimum absolute atomic E-state index is 0.103. The maximum atomic E-state index is 12.4. The Kier molecular flexibility index (Phi) is 10.7. The lowest BCUT2D eigenvalue weighted by molar-refractivity contribution is -0.145. The molecule has 4 nitrogen and oxygen atoms in total. The molecule has 0 fully saturated rings. The molecule has 1 unspecified atom stereocenters. The van der Waals surface area contributed by atoms with Crippen molar-refractivity contribution in [3.8, 4) is 0 Å². The van der Waals surface area contributed by atoms with Crippen LogP contribution < -0.4 is 0 Å². The van der Waals surface area contributed by atoms with Gasteiger partial charge in [-0.25, -0.2) is 4.79 Å². The van der Waals surface area contributed by atoms with Crippen LogP contribution in [-0.4, -0.2) is 45.4 Å². The fourth-order valence-corrected chi connectivity index (χ4v) is 1.84. The van der Waals surface area contributed by atoms with Crippen molar-refractivity contribution in [3.05, 3.63) is 60.6 Å². The van der Waals surface area contributed by atoms with Crippen LogP contribution in [0.1, 0.15) is 34.6 Å². The third kappa shape index (κ3) is 10.1. The average Bonchev–Trinajstić information content (AvgIpc) is 2.58. The van der Waals surface area contributed by atoms with Gasteiger partial charge < -0.3 is 9.39 Å². The van der Waals surface area contributed by atoms with Crippen molar-refractivity contribution in [2.45, 2.75) is 45.6 Å². The number of ether oxygens (including phenoxy) is 1. The van der Waals surface area contributed by atoms with Crippen molar-refractivity contribution >= 4 is 34.4 Å². The normalized spacial score (nSPS) is 15.2. The molecule has 0 spiro atoms. The molecule has 0 radical (unpaired) electrons. The molecule has 0 bridgehead atoms. The zero-order chi connectivity index (χ0) is 20.2. The second kappa shape index (κ2) is 11.6. The molecule has 138 valence electrons. The molecule has 0 heterocycles. The van der Waals surface area contributed by atoms with E-state index in [1.165, 1.54) is 6.08 Å². The molecule has 0 saturated carbocycles. The summed E-state index contributed by atoms with van der Waals surface area (Å²) in [4.78, 5) is 23.7. The molecule has 26 heavy (non-hydrogen) atoms. The monoisotopic (exact) mass is 354 g/mol. The summed E-state index contributed by atoms with van der Waals surface area (Å²) in [5.41, 5.74) is -0.739. The van der Waals surface area contributed by atoms with E-state index in [1.807, 2.05) is 50.2 Å². The Balaban J connectivity index is 4.71. The highest BCUT2D eigenvalue weighted by Crippen LogP contribution is 2.14. The standard InChI is InChI=1S/C19H29B3O4/c1-7-10-11-12-15(8-2)21-14-13-16(23)19(6,20)26-22-18(4,5)25-17(24)9-3/h7-14,21-22H,3,20H2,1-2,4-6H3/b10-7-,12-11-,14-13+,15-8+. The molecule has 1 atom stereocenters. The van der Waals surface area contributed by atoms with E-state index in [2.05, 4.69) is 6.58 Å².